The highest BCUT2D eigenvalue weighted by atomic mass is 16.3. The number of rotatable bonds is 6. The van der Waals surface area contributed by atoms with Crippen molar-refractivity contribution in [1.29, 1.82) is 0 Å². The lowest BCUT2D eigenvalue weighted by Gasteiger charge is -2.31. The zero-order valence-electron chi connectivity index (χ0n) is 12.7. The van der Waals surface area contributed by atoms with Crippen molar-refractivity contribution in [2.75, 3.05) is 13.2 Å². The van der Waals surface area contributed by atoms with E-state index in [0.717, 1.165) is 32.2 Å². The fourth-order valence-electron chi connectivity index (χ4n) is 3.04. The summed E-state index contributed by atoms with van der Waals surface area (Å²) in [7, 11) is 0. The lowest BCUT2D eigenvalue weighted by molar-refractivity contribution is 0.229. The van der Waals surface area contributed by atoms with E-state index in [0.29, 0.717) is 11.8 Å². The molecule has 3 nitrogen and oxygen atoms in total. The second-order valence-corrected chi connectivity index (χ2v) is 6.70. The van der Waals surface area contributed by atoms with Crippen molar-refractivity contribution >= 4 is 0 Å². The van der Waals surface area contributed by atoms with Crippen LogP contribution in [0.5, 0.6) is 5.75 Å². The molecule has 1 aliphatic carbocycles. The fourth-order valence-corrected chi connectivity index (χ4v) is 3.04. The molecule has 112 valence electrons. The summed E-state index contributed by atoms with van der Waals surface area (Å²) in [6, 6.07) is 6.09. The van der Waals surface area contributed by atoms with Gasteiger partial charge in [0.1, 0.15) is 5.75 Å². The first kappa shape index (κ1) is 15.3. The van der Waals surface area contributed by atoms with E-state index < -0.39 is 0 Å². The third-order valence-electron chi connectivity index (χ3n) is 4.28. The Morgan fingerprint density at radius 1 is 1.35 bits per heavy atom. The van der Waals surface area contributed by atoms with E-state index in [9.17, 15) is 5.11 Å². The SMILES string of the molecule is CC(C)(CCCO)CNC1CCCc2ccc(O)cc21. The normalized spacial score (nSPS) is 18.9. The molecule has 0 saturated carbocycles. The van der Waals surface area contributed by atoms with Gasteiger partial charge in [0.15, 0.2) is 0 Å². The quantitative estimate of drug-likeness (QED) is 0.748. The molecule has 2 rings (SSSR count). The van der Waals surface area contributed by atoms with Gasteiger partial charge in [0.05, 0.1) is 0 Å². The van der Waals surface area contributed by atoms with Crippen LogP contribution in [0.2, 0.25) is 0 Å². The number of phenolic OH excluding ortho intramolecular Hbond substituents is 1. The Hall–Kier alpha value is -1.06. The highest BCUT2D eigenvalue weighted by Crippen LogP contribution is 2.33. The highest BCUT2D eigenvalue weighted by Gasteiger charge is 2.23. The molecule has 0 spiro atoms. The van der Waals surface area contributed by atoms with Crippen LogP contribution in [0.3, 0.4) is 0 Å². The number of hydrogen-bond acceptors (Lipinski definition) is 3. The van der Waals surface area contributed by atoms with Crippen LogP contribution < -0.4 is 5.32 Å². The topological polar surface area (TPSA) is 52.5 Å². The number of phenols is 1. The molecule has 1 aromatic rings. The first-order valence-corrected chi connectivity index (χ1v) is 7.68. The minimum atomic E-state index is 0.192. The summed E-state index contributed by atoms with van der Waals surface area (Å²) in [6.07, 6.45) is 5.33. The number of aliphatic hydroxyl groups is 1. The summed E-state index contributed by atoms with van der Waals surface area (Å²) in [4.78, 5) is 0. The molecule has 0 fully saturated rings. The van der Waals surface area contributed by atoms with Gasteiger partial charge in [-0.15, -0.1) is 0 Å². The average Bonchev–Trinajstić information content (AvgIpc) is 2.43. The molecule has 0 amide bonds. The highest BCUT2D eigenvalue weighted by molar-refractivity contribution is 5.38. The molecule has 1 unspecified atom stereocenters. The van der Waals surface area contributed by atoms with Crippen LogP contribution >= 0.6 is 0 Å². The number of aromatic hydroxyl groups is 1. The van der Waals surface area contributed by atoms with Gasteiger partial charge in [0.2, 0.25) is 0 Å². The summed E-state index contributed by atoms with van der Waals surface area (Å²) >= 11 is 0. The Labute approximate surface area is 122 Å². The molecule has 3 N–H and O–H groups in total. The third kappa shape index (κ3) is 3.97. The fraction of sp³-hybridized carbons (Fsp3) is 0.647. The second kappa shape index (κ2) is 6.59. The van der Waals surface area contributed by atoms with Crippen molar-refractivity contribution in [3.8, 4) is 5.75 Å². The number of hydrogen-bond donors (Lipinski definition) is 3. The molecular formula is C17H27NO2. The van der Waals surface area contributed by atoms with E-state index >= 15 is 0 Å². The van der Waals surface area contributed by atoms with Gasteiger partial charge < -0.3 is 15.5 Å². The maximum atomic E-state index is 9.69. The number of nitrogens with one attached hydrogen (secondary N) is 1. The van der Waals surface area contributed by atoms with Gasteiger partial charge in [0.25, 0.3) is 0 Å². The van der Waals surface area contributed by atoms with Crippen LogP contribution in [0.25, 0.3) is 0 Å². The molecule has 1 aliphatic rings. The zero-order valence-corrected chi connectivity index (χ0v) is 12.7. The van der Waals surface area contributed by atoms with Gasteiger partial charge in [-0.3, -0.25) is 0 Å². The van der Waals surface area contributed by atoms with Crippen LogP contribution in [0.4, 0.5) is 0 Å². The number of aryl methyl sites for hydroxylation is 1. The Balaban J connectivity index is 1.99. The van der Waals surface area contributed by atoms with Crippen LogP contribution in [-0.4, -0.2) is 23.4 Å². The molecule has 0 saturated heterocycles. The molecular weight excluding hydrogens is 250 g/mol. The Morgan fingerprint density at radius 2 is 2.15 bits per heavy atom. The minimum absolute atomic E-state index is 0.192. The van der Waals surface area contributed by atoms with Crippen molar-refractivity contribution < 1.29 is 10.2 Å². The van der Waals surface area contributed by atoms with Gasteiger partial charge >= 0.3 is 0 Å². The van der Waals surface area contributed by atoms with Crippen LogP contribution in [-0.2, 0) is 6.42 Å². The largest absolute Gasteiger partial charge is 0.508 e. The standard InChI is InChI=1S/C17H27NO2/c1-17(2,9-4-10-19)12-18-16-6-3-5-13-7-8-14(20)11-15(13)16/h7-8,11,16,18-20H,3-6,9-10,12H2,1-2H3. The molecule has 1 aromatic carbocycles. The Kier molecular flexibility index (Phi) is 5.06. The van der Waals surface area contributed by atoms with E-state index in [1.165, 1.54) is 17.5 Å². The van der Waals surface area contributed by atoms with Crippen molar-refractivity contribution in [3.05, 3.63) is 29.3 Å². The Bertz CT molecular complexity index is 443. The Morgan fingerprint density at radius 3 is 2.90 bits per heavy atom. The molecule has 1 atom stereocenters. The van der Waals surface area contributed by atoms with Gasteiger partial charge in [-0.2, -0.15) is 0 Å². The summed E-state index contributed by atoms with van der Waals surface area (Å²) in [5.41, 5.74) is 2.81. The maximum Gasteiger partial charge on any atom is 0.115 e. The molecule has 0 heterocycles. The van der Waals surface area contributed by atoms with E-state index in [-0.39, 0.29) is 12.0 Å². The first-order chi connectivity index (χ1) is 9.52. The molecule has 0 bridgehead atoms. The van der Waals surface area contributed by atoms with Crippen LogP contribution in [0.1, 0.15) is 56.7 Å². The molecule has 0 aromatic heterocycles. The van der Waals surface area contributed by atoms with Gasteiger partial charge in [-0.1, -0.05) is 19.9 Å². The first-order valence-electron chi connectivity index (χ1n) is 7.68. The van der Waals surface area contributed by atoms with Crippen LogP contribution in [0, 0.1) is 5.41 Å². The zero-order chi connectivity index (χ0) is 14.6. The van der Waals surface area contributed by atoms with Gasteiger partial charge in [0, 0.05) is 19.2 Å². The number of benzene rings is 1. The van der Waals surface area contributed by atoms with Crippen LogP contribution in [0.15, 0.2) is 18.2 Å². The number of fused-ring (bicyclic) bond motifs is 1. The number of aliphatic hydroxyl groups excluding tert-OH is 1. The second-order valence-electron chi connectivity index (χ2n) is 6.70. The molecule has 3 heteroatoms. The summed E-state index contributed by atoms with van der Waals surface area (Å²) in [5, 5.41) is 22.3. The average molecular weight is 277 g/mol. The van der Waals surface area contributed by atoms with Crippen molar-refractivity contribution in [3.63, 3.8) is 0 Å². The van der Waals surface area contributed by atoms with E-state index in [1.807, 2.05) is 6.07 Å². The van der Waals surface area contributed by atoms with E-state index in [2.05, 4.69) is 25.2 Å². The van der Waals surface area contributed by atoms with Gasteiger partial charge in [-0.05, 0) is 60.8 Å². The monoisotopic (exact) mass is 277 g/mol. The summed E-state index contributed by atoms with van der Waals surface area (Å²) in [5.74, 6) is 0.358. The maximum absolute atomic E-state index is 9.69. The van der Waals surface area contributed by atoms with E-state index in [4.69, 9.17) is 5.11 Å². The van der Waals surface area contributed by atoms with Gasteiger partial charge in [-0.25, -0.2) is 0 Å². The predicted molar refractivity (Wildman–Crippen MR) is 81.9 cm³/mol. The van der Waals surface area contributed by atoms with E-state index in [1.54, 1.807) is 6.07 Å². The lowest BCUT2D eigenvalue weighted by atomic mass is 9.84. The summed E-state index contributed by atoms with van der Waals surface area (Å²) < 4.78 is 0. The molecule has 0 aliphatic heterocycles. The smallest absolute Gasteiger partial charge is 0.115 e. The third-order valence-corrected chi connectivity index (χ3v) is 4.28. The van der Waals surface area contributed by atoms with Crippen molar-refractivity contribution in [1.82, 2.24) is 5.32 Å². The molecule has 0 radical (unpaired) electrons. The predicted octanol–water partition coefficient (Wildman–Crippen LogP) is 3.16. The minimum Gasteiger partial charge on any atom is -0.508 e. The lowest BCUT2D eigenvalue weighted by Crippen LogP contribution is -2.34. The molecule has 20 heavy (non-hydrogen) atoms. The summed E-state index contributed by atoms with van der Waals surface area (Å²) in [6.45, 7) is 5.68. The van der Waals surface area contributed by atoms with Crippen molar-refractivity contribution in [2.45, 2.75) is 52.0 Å². The van der Waals surface area contributed by atoms with Crippen molar-refractivity contribution in [2.24, 2.45) is 5.41 Å².